The summed E-state index contributed by atoms with van der Waals surface area (Å²) >= 11 is 2.23. The molecule has 0 saturated heterocycles. The van der Waals surface area contributed by atoms with E-state index in [0.717, 1.165) is 26.1 Å². The number of benzene rings is 3. The van der Waals surface area contributed by atoms with Crippen molar-refractivity contribution in [1.29, 1.82) is 0 Å². The Morgan fingerprint density at radius 1 is 1.00 bits per heavy atom. The fourth-order valence-electron chi connectivity index (χ4n) is 2.64. The van der Waals surface area contributed by atoms with E-state index in [-0.39, 0.29) is 5.91 Å². The number of aryl methyl sites for hydroxylation is 1. The Hall–Kier alpha value is -2.54. The van der Waals surface area contributed by atoms with E-state index in [1.165, 1.54) is 0 Å². The van der Waals surface area contributed by atoms with E-state index < -0.39 is 0 Å². The van der Waals surface area contributed by atoms with Crippen LogP contribution in [0.5, 0.6) is 11.5 Å². The van der Waals surface area contributed by atoms with Crippen molar-refractivity contribution in [2.24, 2.45) is 0 Å². The van der Waals surface area contributed by atoms with E-state index in [9.17, 15) is 4.79 Å². The molecule has 3 aromatic rings. The van der Waals surface area contributed by atoms with Crippen molar-refractivity contribution in [2.45, 2.75) is 13.5 Å². The second-order valence-corrected chi connectivity index (χ2v) is 7.29. The second kappa shape index (κ2) is 8.90. The van der Waals surface area contributed by atoms with Gasteiger partial charge >= 0.3 is 0 Å². The molecule has 0 aliphatic rings. The summed E-state index contributed by atoms with van der Waals surface area (Å²) in [6.45, 7) is 2.32. The molecule has 0 radical (unpaired) electrons. The molecule has 0 aromatic heterocycles. The molecular formula is C22H20INO3. The number of amides is 1. The van der Waals surface area contributed by atoms with Gasteiger partial charge in [-0.05, 0) is 83.6 Å². The quantitative estimate of drug-likeness (QED) is 0.486. The molecule has 5 heteroatoms. The van der Waals surface area contributed by atoms with Crippen LogP contribution >= 0.6 is 22.6 Å². The molecule has 4 nitrogen and oxygen atoms in total. The normalized spacial score (nSPS) is 10.3. The van der Waals surface area contributed by atoms with Gasteiger partial charge in [0.05, 0.1) is 7.11 Å². The summed E-state index contributed by atoms with van der Waals surface area (Å²) in [6.07, 6.45) is 0. The molecule has 0 heterocycles. The lowest BCUT2D eigenvalue weighted by molar-refractivity contribution is 0.102. The smallest absolute Gasteiger partial charge is 0.255 e. The monoisotopic (exact) mass is 473 g/mol. The van der Waals surface area contributed by atoms with Gasteiger partial charge in [-0.2, -0.15) is 0 Å². The first-order valence-corrected chi connectivity index (χ1v) is 9.57. The molecule has 0 aliphatic heterocycles. The highest BCUT2D eigenvalue weighted by molar-refractivity contribution is 14.1. The van der Waals surface area contributed by atoms with E-state index in [2.05, 4.69) is 27.9 Å². The van der Waals surface area contributed by atoms with Gasteiger partial charge < -0.3 is 14.8 Å². The standard InChI is InChI=1S/C22H20INO3/c1-15-5-3-4-6-20(15)27-14-17-13-16(7-12-21(17)26-2)22(25)24-19-10-8-18(23)9-11-19/h3-13H,14H2,1-2H3,(H,24,25). The summed E-state index contributed by atoms with van der Waals surface area (Å²) in [5.74, 6) is 1.33. The molecule has 0 unspecified atom stereocenters. The molecule has 0 bridgehead atoms. The fourth-order valence-corrected chi connectivity index (χ4v) is 3.00. The van der Waals surface area contributed by atoms with Crippen molar-refractivity contribution < 1.29 is 14.3 Å². The van der Waals surface area contributed by atoms with Crippen LogP contribution in [0.15, 0.2) is 66.7 Å². The van der Waals surface area contributed by atoms with E-state index >= 15 is 0 Å². The minimum atomic E-state index is -0.170. The summed E-state index contributed by atoms with van der Waals surface area (Å²) < 4.78 is 12.5. The number of para-hydroxylation sites is 1. The van der Waals surface area contributed by atoms with Crippen LogP contribution in [-0.2, 0) is 6.61 Å². The molecule has 3 rings (SSSR count). The van der Waals surface area contributed by atoms with Crippen molar-refractivity contribution >= 4 is 34.2 Å². The lowest BCUT2D eigenvalue weighted by atomic mass is 10.1. The predicted octanol–water partition coefficient (Wildman–Crippen LogP) is 5.44. The van der Waals surface area contributed by atoms with Crippen LogP contribution in [0.25, 0.3) is 0 Å². The Labute approximate surface area is 172 Å². The van der Waals surface area contributed by atoms with Crippen molar-refractivity contribution in [3.05, 3.63) is 87.0 Å². The minimum Gasteiger partial charge on any atom is -0.496 e. The number of anilines is 1. The SMILES string of the molecule is COc1ccc(C(=O)Nc2ccc(I)cc2)cc1COc1ccccc1C. The summed E-state index contributed by atoms with van der Waals surface area (Å²) in [5.41, 5.74) is 3.19. The molecule has 1 N–H and O–H groups in total. The average Bonchev–Trinajstić information content (AvgIpc) is 2.69. The first-order chi connectivity index (χ1) is 13.1. The Morgan fingerprint density at radius 2 is 1.74 bits per heavy atom. The Bertz CT molecular complexity index is 939. The molecule has 138 valence electrons. The summed E-state index contributed by atoms with van der Waals surface area (Å²) in [5, 5.41) is 2.91. The van der Waals surface area contributed by atoms with E-state index in [4.69, 9.17) is 9.47 Å². The first kappa shape index (κ1) is 19.2. The highest BCUT2D eigenvalue weighted by Crippen LogP contribution is 2.24. The van der Waals surface area contributed by atoms with Gasteiger partial charge in [0, 0.05) is 20.4 Å². The van der Waals surface area contributed by atoms with Crippen molar-refractivity contribution in [3.8, 4) is 11.5 Å². The van der Waals surface area contributed by atoms with Crippen LogP contribution in [0, 0.1) is 10.5 Å². The van der Waals surface area contributed by atoms with E-state index in [0.29, 0.717) is 17.9 Å². The number of ether oxygens (including phenoxy) is 2. The van der Waals surface area contributed by atoms with Gasteiger partial charge in [-0.25, -0.2) is 0 Å². The summed E-state index contributed by atoms with van der Waals surface area (Å²) in [6, 6.07) is 20.8. The number of methoxy groups -OCH3 is 1. The van der Waals surface area contributed by atoms with Crippen molar-refractivity contribution in [3.63, 3.8) is 0 Å². The van der Waals surface area contributed by atoms with Gasteiger partial charge in [0.15, 0.2) is 0 Å². The Kier molecular flexibility index (Phi) is 6.34. The van der Waals surface area contributed by atoms with Crippen LogP contribution < -0.4 is 14.8 Å². The average molecular weight is 473 g/mol. The van der Waals surface area contributed by atoms with Gasteiger partial charge in [-0.3, -0.25) is 4.79 Å². The van der Waals surface area contributed by atoms with E-state index in [1.807, 2.05) is 55.5 Å². The number of nitrogens with one attached hydrogen (secondary N) is 1. The van der Waals surface area contributed by atoms with Crippen molar-refractivity contribution in [2.75, 3.05) is 12.4 Å². The predicted molar refractivity (Wildman–Crippen MR) is 116 cm³/mol. The van der Waals surface area contributed by atoms with Gasteiger partial charge in [0.2, 0.25) is 0 Å². The van der Waals surface area contributed by atoms with Crippen LogP contribution in [0.3, 0.4) is 0 Å². The van der Waals surface area contributed by atoms with Crippen LogP contribution in [-0.4, -0.2) is 13.0 Å². The number of hydrogen-bond donors (Lipinski definition) is 1. The molecule has 0 spiro atoms. The van der Waals surface area contributed by atoms with Crippen LogP contribution in [0.1, 0.15) is 21.5 Å². The number of hydrogen-bond acceptors (Lipinski definition) is 3. The Balaban J connectivity index is 1.77. The maximum atomic E-state index is 12.6. The number of carbonyl (C=O) groups is 1. The largest absolute Gasteiger partial charge is 0.496 e. The Morgan fingerprint density at radius 3 is 2.44 bits per heavy atom. The molecule has 1 amide bonds. The highest BCUT2D eigenvalue weighted by atomic mass is 127. The number of carbonyl (C=O) groups excluding carboxylic acids is 1. The minimum absolute atomic E-state index is 0.170. The number of rotatable bonds is 6. The molecule has 3 aromatic carbocycles. The third-order valence-electron chi connectivity index (χ3n) is 4.12. The topological polar surface area (TPSA) is 47.6 Å². The van der Waals surface area contributed by atoms with Crippen LogP contribution in [0.2, 0.25) is 0 Å². The zero-order chi connectivity index (χ0) is 19.2. The third kappa shape index (κ3) is 5.01. The molecule has 27 heavy (non-hydrogen) atoms. The fraction of sp³-hybridized carbons (Fsp3) is 0.136. The molecule has 0 aliphatic carbocycles. The van der Waals surface area contributed by atoms with Gasteiger partial charge in [-0.1, -0.05) is 18.2 Å². The first-order valence-electron chi connectivity index (χ1n) is 8.49. The lowest BCUT2D eigenvalue weighted by Crippen LogP contribution is -2.13. The zero-order valence-corrected chi connectivity index (χ0v) is 17.3. The van der Waals surface area contributed by atoms with Crippen molar-refractivity contribution in [1.82, 2.24) is 0 Å². The molecular weight excluding hydrogens is 453 g/mol. The number of halogens is 1. The second-order valence-electron chi connectivity index (χ2n) is 6.04. The maximum Gasteiger partial charge on any atom is 0.255 e. The third-order valence-corrected chi connectivity index (χ3v) is 4.84. The lowest BCUT2D eigenvalue weighted by Gasteiger charge is -2.13. The zero-order valence-electron chi connectivity index (χ0n) is 15.2. The molecule has 0 saturated carbocycles. The van der Waals surface area contributed by atoms with Gasteiger partial charge in [0.25, 0.3) is 5.91 Å². The molecule has 0 atom stereocenters. The highest BCUT2D eigenvalue weighted by Gasteiger charge is 2.12. The van der Waals surface area contributed by atoms with E-state index in [1.54, 1.807) is 25.3 Å². The van der Waals surface area contributed by atoms with Gasteiger partial charge in [-0.15, -0.1) is 0 Å². The van der Waals surface area contributed by atoms with Crippen LogP contribution in [0.4, 0.5) is 5.69 Å². The maximum absolute atomic E-state index is 12.6. The van der Waals surface area contributed by atoms with Gasteiger partial charge in [0.1, 0.15) is 18.1 Å². The molecule has 0 fully saturated rings. The summed E-state index contributed by atoms with van der Waals surface area (Å²) in [4.78, 5) is 12.6. The summed E-state index contributed by atoms with van der Waals surface area (Å²) in [7, 11) is 1.61.